The third kappa shape index (κ3) is 6.57. The summed E-state index contributed by atoms with van der Waals surface area (Å²) in [4.78, 5) is 11.5. The van der Waals surface area contributed by atoms with Gasteiger partial charge in [0.1, 0.15) is 11.6 Å². The van der Waals surface area contributed by atoms with Gasteiger partial charge in [0, 0.05) is 37.9 Å². The number of nitrogens with one attached hydrogen (secondary N) is 2. The lowest BCUT2D eigenvalue weighted by Crippen LogP contribution is -2.36. The summed E-state index contributed by atoms with van der Waals surface area (Å²) >= 11 is 0. The van der Waals surface area contributed by atoms with Gasteiger partial charge >= 0.3 is 6.61 Å². The molecule has 0 bridgehead atoms. The summed E-state index contributed by atoms with van der Waals surface area (Å²) in [7, 11) is 0. The first kappa shape index (κ1) is 21.8. The number of rotatable bonds is 8. The van der Waals surface area contributed by atoms with Crippen LogP contribution in [0.3, 0.4) is 0 Å². The zero-order valence-electron chi connectivity index (χ0n) is 17.3. The van der Waals surface area contributed by atoms with Crippen LogP contribution in [-0.4, -0.2) is 37.2 Å². The van der Waals surface area contributed by atoms with Crippen LogP contribution in [-0.2, 0) is 13.1 Å². The third-order valence-corrected chi connectivity index (χ3v) is 4.89. The molecular formula is C22H29F2N5O. The van der Waals surface area contributed by atoms with Gasteiger partial charge in [-0.15, -0.1) is 0 Å². The summed E-state index contributed by atoms with van der Waals surface area (Å²) in [6, 6.07) is 10.8. The number of guanidine groups is 1. The van der Waals surface area contributed by atoms with Crippen LogP contribution in [0.25, 0.3) is 0 Å². The summed E-state index contributed by atoms with van der Waals surface area (Å²) in [6.07, 6.45) is 5.52. The van der Waals surface area contributed by atoms with E-state index in [0.29, 0.717) is 31.2 Å². The van der Waals surface area contributed by atoms with Crippen molar-refractivity contribution in [3.63, 3.8) is 0 Å². The fourth-order valence-corrected chi connectivity index (χ4v) is 3.41. The number of nitrogens with zero attached hydrogens (tertiary/aromatic N) is 3. The smallest absolute Gasteiger partial charge is 0.387 e. The molecule has 8 heteroatoms. The SMILES string of the molecule is CCNC(=NCc1ccnc(N2CCCCC2)c1)NCc1ccccc1OC(F)F. The van der Waals surface area contributed by atoms with Crippen LogP contribution in [0.2, 0.25) is 0 Å². The van der Waals surface area contributed by atoms with Gasteiger partial charge < -0.3 is 20.3 Å². The van der Waals surface area contributed by atoms with Crippen LogP contribution in [0.1, 0.15) is 37.3 Å². The molecule has 2 aromatic rings. The maximum absolute atomic E-state index is 12.6. The normalized spacial score (nSPS) is 14.7. The zero-order chi connectivity index (χ0) is 21.2. The molecule has 0 spiro atoms. The van der Waals surface area contributed by atoms with E-state index in [1.54, 1.807) is 18.2 Å². The van der Waals surface area contributed by atoms with Gasteiger partial charge in [-0.1, -0.05) is 18.2 Å². The summed E-state index contributed by atoms with van der Waals surface area (Å²) in [6.45, 7) is 2.72. The average Bonchev–Trinajstić information content (AvgIpc) is 2.77. The Kier molecular flexibility index (Phi) is 8.23. The number of hydrogen-bond donors (Lipinski definition) is 2. The largest absolute Gasteiger partial charge is 0.434 e. The maximum Gasteiger partial charge on any atom is 0.387 e. The lowest BCUT2D eigenvalue weighted by atomic mass is 10.1. The molecule has 0 amide bonds. The Morgan fingerprint density at radius 2 is 1.97 bits per heavy atom. The number of halogens is 2. The second kappa shape index (κ2) is 11.3. The van der Waals surface area contributed by atoms with Crippen LogP contribution in [0.15, 0.2) is 47.6 Å². The summed E-state index contributed by atoms with van der Waals surface area (Å²) < 4.78 is 29.8. The lowest BCUT2D eigenvalue weighted by molar-refractivity contribution is -0.0504. The number of hydrogen-bond acceptors (Lipinski definition) is 4. The van der Waals surface area contributed by atoms with Crippen molar-refractivity contribution in [2.24, 2.45) is 4.99 Å². The molecule has 0 atom stereocenters. The Labute approximate surface area is 176 Å². The first-order chi connectivity index (χ1) is 14.7. The summed E-state index contributed by atoms with van der Waals surface area (Å²) in [5.74, 6) is 1.77. The van der Waals surface area contributed by atoms with Crippen molar-refractivity contribution in [1.29, 1.82) is 0 Å². The molecule has 162 valence electrons. The quantitative estimate of drug-likeness (QED) is 0.503. The van der Waals surface area contributed by atoms with Gasteiger partial charge in [-0.05, 0) is 49.9 Å². The van der Waals surface area contributed by atoms with Gasteiger partial charge in [-0.2, -0.15) is 8.78 Å². The Hall–Kier alpha value is -2.90. The third-order valence-electron chi connectivity index (χ3n) is 4.89. The molecule has 0 aliphatic carbocycles. The molecule has 0 saturated carbocycles. The number of alkyl halides is 2. The monoisotopic (exact) mass is 417 g/mol. The second-order valence-electron chi connectivity index (χ2n) is 7.10. The Bertz CT molecular complexity index is 825. The molecule has 1 saturated heterocycles. The van der Waals surface area contributed by atoms with Crippen molar-refractivity contribution in [2.45, 2.75) is 45.9 Å². The van der Waals surface area contributed by atoms with E-state index in [1.807, 2.05) is 19.2 Å². The molecule has 1 aliphatic heterocycles. The molecule has 1 aliphatic rings. The number of benzene rings is 1. The Morgan fingerprint density at radius 1 is 1.17 bits per heavy atom. The minimum atomic E-state index is -2.85. The molecule has 3 rings (SSSR count). The highest BCUT2D eigenvalue weighted by Crippen LogP contribution is 2.20. The molecule has 2 N–H and O–H groups in total. The molecule has 1 aromatic heterocycles. The maximum atomic E-state index is 12.6. The highest BCUT2D eigenvalue weighted by Gasteiger charge is 2.12. The molecule has 6 nitrogen and oxygen atoms in total. The van der Waals surface area contributed by atoms with E-state index in [2.05, 4.69) is 36.3 Å². The Balaban J connectivity index is 1.64. The lowest BCUT2D eigenvalue weighted by Gasteiger charge is -2.27. The van der Waals surface area contributed by atoms with E-state index in [1.165, 1.54) is 25.3 Å². The van der Waals surface area contributed by atoms with Crippen molar-refractivity contribution >= 4 is 11.8 Å². The van der Waals surface area contributed by atoms with Crippen molar-refractivity contribution in [3.8, 4) is 5.75 Å². The Morgan fingerprint density at radius 3 is 2.73 bits per heavy atom. The van der Waals surface area contributed by atoms with Crippen molar-refractivity contribution in [2.75, 3.05) is 24.5 Å². The van der Waals surface area contributed by atoms with E-state index in [0.717, 1.165) is 24.5 Å². The van der Waals surface area contributed by atoms with E-state index in [-0.39, 0.29) is 5.75 Å². The number of aromatic nitrogens is 1. The molecule has 0 unspecified atom stereocenters. The second-order valence-corrected chi connectivity index (χ2v) is 7.10. The predicted molar refractivity (Wildman–Crippen MR) is 115 cm³/mol. The fraction of sp³-hybridized carbons (Fsp3) is 0.455. The molecule has 2 heterocycles. The van der Waals surface area contributed by atoms with E-state index < -0.39 is 6.61 Å². The van der Waals surface area contributed by atoms with Gasteiger partial charge in [0.2, 0.25) is 0 Å². The standard InChI is InChI=1S/C22H29F2N5O/c1-2-25-22(28-16-18-8-4-5-9-19(18)30-21(23)24)27-15-17-10-11-26-20(14-17)29-12-6-3-7-13-29/h4-5,8-11,14,21H,2-3,6-7,12-13,15-16H2,1H3,(H2,25,27,28). The molecule has 1 fully saturated rings. The van der Waals surface area contributed by atoms with Gasteiger partial charge in [0.25, 0.3) is 0 Å². The van der Waals surface area contributed by atoms with Gasteiger partial charge in [0.15, 0.2) is 5.96 Å². The minimum Gasteiger partial charge on any atom is -0.434 e. The van der Waals surface area contributed by atoms with E-state index >= 15 is 0 Å². The fourth-order valence-electron chi connectivity index (χ4n) is 3.41. The van der Waals surface area contributed by atoms with Crippen LogP contribution in [0.4, 0.5) is 14.6 Å². The number of para-hydroxylation sites is 1. The van der Waals surface area contributed by atoms with Gasteiger partial charge in [0.05, 0.1) is 6.54 Å². The number of pyridine rings is 1. The minimum absolute atomic E-state index is 0.163. The number of anilines is 1. The zero-order valence-corrected chi connectivity index (χ0v) is 17.3. The number of aliphatic imine (C=N–C) groups is 1. The first-order valence-electron chi connectivity index (χ1n) is 10.4. The number of ether oxygens (including phenoxy) is 1. The molecule has 30 heavy (non-hydrogen) atoms. The summed E-state index contributed by atoms with van der Waals surface area (Å²) in [5.41, 5.74) is 1.71. The van der Waals surface area contributed by atoms with Crippen molar-refractivity contribution < 1.29 is 13.5 Å². The van der Waals surface area contributed by atoms with Crippen molar-refractivity contribution in [1.82, 2.24) is 15.6 Å². The van der Waals surface area contributed by atoms with E-state index in [4.69, 9.17) is 0 Å². The first-order valence-corrected chi connectivity index (χ1v) is 10.4. The van der Waals surface area contributed by atoms with Crippen LogP contribution >= 0.6 is 0 Å². The average molecular weight is 418 g/mol. The van der Waals surface area contributed by atoms with Crippen LogP contribution < -0.4 is 20.3 Å². The molecular weight excluding hydrogens is 388 g/mol. The summed E-state index contributed by atoms with van der Waals surface area (Å²) in [5, 5.41) is 6.37. The van der Waals surface area contributed by atoms with Gasteiger partial charge in [-0.25, -0.2) is 9.98 Å². The van der Waals surface area contributed by atoms with Crippen molar-refractivity contribution in [3.05, 3.63) is 53.7 Å². The predicted octanol–water partition coefficient (Wildman–Crippen LogP) is 3.93. The van der Waals surface area contributed by atoms with Crippen LogP contribution in [0, 0.1) is 0 Å². The number of piperidine rings is 1. The highest BCUT2D eigenvalue weighted by atomic mass is 19.3. The highest BCUT2D eigenvalue weighted by molar-refractivity contribution is 5.79. The topological polar surface area (TPSA) is 61.8 Å². The molecule has 0 radical (unpaired) electrons. The van der Waals surface area contributed by atoms with Crippen LogP contribution in [0.5, 0.6) is 5.75 Å². The van der Waals surface area contributed by atoms with E-state index in [9.17, 15) is 8.78 Å². The van der Waals surface area contributed by atoms with Gasteiger partial charge in [-0.3, -0.25) is 0 Å². The molecule has 1 aromatic carbocycles.